The second-order valence-electron chi connectivity index (χ2n) is 14.8. The largest absolute Gasteiger partial charge is 0.491 e. The first-order valence-corrected chi connectivity index (χ1v) is 19.0. The van der Waals surface area contributed by atoms with Crippen LogP contribution in [0.3, 0.4) is 0 Å². The summed E-state index contributed by atoms with van der Waals surface area (Å²) in [5.41, 5.74) is 2.77. The molecule has 2 aromatic heterocycles. The van der Waals surface area contributed by atoms with Gasteiger partial charge in [-0.15, -0.1) is 0 Å². The van der Waals surface area contributed by atoms with Crippen LogP contribution in [0.4, 0.5) is 20.2 Å². The predicted molar refractivity (Wildman–Crippen MR) is 206 cm³/mol. The summed E-state index contributed by atoms with van der Waals surface area (Å²) in [5.74, 6) is -2.08. The second-order valence-corrected chi connectivity index (χ2v) is 14.8. The van der Waals surface area contributed by atoms with Crippen LogP contribution in [0.5, 0.6) is 5.75 Å². The van der Waals surface area contributed by atoms with Crippen molar-refractivity contribution < 1.29 is 28.1 Å². The summed E-state index contributed by atoms with van der Waals surface area (Å²) in [6.45, 7) is 11.7. The number of hydrogen-bond donors (Lipinski definition) is 2. The smallest absolute Gasteiger partial charge is 0.350 e. The zero-order chi connectivity index (χ0) is 39.4. The van der Waals surface area contributed by atoms with Crippen molar-refractivity contribution in [1.82, 2.24) is 34.4 Å². The standard InChI is InChI=1S/C40H49F2N9O5/c1-27(2)38(20-52)46-28(3)29(4)51-39(53)50(26-45-51)33-8-6-31(7-9-33)47-15-17-48(18-16-47)32-10-12-34(13-11-32)54-21-35-22-55-40(56-35,23-49-25-43-24-44-49)36-14-5-30(41)19-37(36)42/h5-14,19,24-29,35,38,46,52H,15-18,20-23H2,1-4H3/t28-,29-,35+,38?,40+/m0/s1. The van der Waals surface area contributed by atoms with Gasteiger partial charge < -0.3 is 34.4 Å². The molecule has 0 aliphatic carbocycles. The lowest BCUT2D eigenvalue weighted by molar-refractivity contribution is -0.192. The third-order valence-electron chi connectivity index (χ3n) is 10.7. The Bertz CT molecular complexity index is 2090. The summed E-state index contributed by atoms with van der Waals surface area (Å²) in [6, 6.07) is 18.8. The predicted octanol–water partition coefficient (Wildman–Crippen LogP) is 4.13. The SMILES string of the molecule is CC(C)C(CO)N[C@@H](C)[C@H](C)n1ncn(-c2ccc(N3CCN(c4ccc(OC[C@@H]5CO[C@@](Cn6cncn6)(c6ccc(F)cc6F)O5)cc4)CC3)cc2)c1=O. The molecule has 2 aliphatic rings. The molecule has 0 bridgehead atoms. The summed E-state index contributed by atoms with van der Waals surface area (Å²) in [4.78, 5) is 22.0. The molecule has 2 fully saturated rings. The van der Waals surface area contributed by atoms with Gasteiger partial charge in [0.15, 0.2) is 0 Å². The van der Waals surface area contributed by atoms with E-state index < -0.39 is 23.5 Å². The number of ether oxygens (including phenoxy) is 3. The first-order valence-electron chi connectivity index (χ1n) is 19.0. The number of halogens is 2. The van der Waals surface area contributed by atoms with Gasteiger partial charge in [-0.25, -0.2) is 32.5 Å². The fourth-order valence-corrected chi connectivity index (χ4v) is 7.19. The number of anilines is 2. The van der Waals surface area contributed by atoms with Gasteiger partial charge >= 0.3 is 5.69 Å². The van der Waals surface area contributed by atoms with E-state index in [0.29, 0.717) is 5.75 Å². The molecule has 56 heavy (non-hydrogen) atoms. The molecular formula is C40H49F2N9O5. The highest BCUT2D eigenvalue weighted by atomic mass is 19.1. The van der Waals surface area contributed by atoms with Crippen molar-refractivity contribution >= 4 is 11.4 Å². The number of nitrogens with zero attached hydrogens (tertiary/aromatic N) is 8. The molecule has 1 unspecified atom stereocenters. The summed E-state index contributed by atoms with van der Waals surface area (Å²) in [7, 11) is 0. The Balaban J connectivity index is 0.906. The van der Waals surface area contributed by atoms with Crippen molar-refractivity contribution in [3.05, 3.63) is 113 Å². The van der Waals surface area contributed by atoms with Gasteiger partial charge in [-0.2, -0.15) is 10.2 Å². The van der Waals surface area contributed by atoms with Crippen LogP contribution < -0.4 is 25.5 Å². The molecule has 5 aromatic rings. The van der Waals surface area contributed by atoms with Crippen LogP contribution in [-0.2, 0) is 21.8 Å². The van der Waals surface area contributed by atoms with Crippen LogP contribution in [-0.4, -0.2) is 98.4 Å². The maximum atomic E-state index is 14.9. The van der Waals surface area contributed by atoms with Crippen molar-refractivity contribution in [3.63, 3.8) is 0 Å². The van der Waals surface area contributed by atoms with Crippen molar-refractivity contribution in [2.24, 2.45) is 5.92 Å². The fourth-order valence-electron chi connectivity index (χ4n) is 7.19. The summed E-state index contributed by atoms with van der Waals surface area (Å²) < 4.78 is 51.5. The van der Waals surface area contributed by atoms with Crippen LogP contribution in [0.15, 0.2) is 90.5 Å². The quantitative estimate of drug-likeness (QED) is 0.159. The monoisotopic (exact) mass is 773 g/mol. The molecule has 0 amide bonds. The zero-order valence-corrected chi connectivity index (χ0v) is 32.0. The van der Waals surface area contributed by atoms with Crippen molar-refractivity contribution in [2.45, 2.75) is 64.3 Å². The Labute approximate surface area is 324 Å². The van der Waals surface area contributed by atoms with E-state index in [4.69, 9.17) is 14.2 Å². The second kappa shape index (κ2) is 16.9. The molecule has 298 valence electrons. The number of aliphatic hydroxyl groups excluding tert-OH is 1. The Hall–Kier alpha value is -5.16. The van der Waals surface area contributed by atoms with Crippen LogP contribution in [0.25, 0.3) is 5.69 Å². The van der Waals surface area contributed by atoms with Gasteiger partial charge in [-0.3, -0.25) is 0 Å². The molecule has 14 nitrogen and oxygen atoms in total. The molecule has 0 spiro atoms. The third-order valence-corrected chi connectivity index (χ3v) is 10.7. The maximum absolute atomic E-state index is 14.9. The summed E-state index contributed by atoms with van der Waals surface area (Å²) in [5, 5.41) is 21.7. The highest BCUT2D eigenvalue weighted by molar-refractivity contribution is 5.54. The number of aliphatic hydroxyl groups is 1. The van der Waals surface area contributed by atoms with Crippen molar-refractivity contribution in [3.8, 4) is 11.4 Å². The number of benzene rings is 3. The minimum absolute atomic E-state index is 0.0249. The van der Waals surface area contributed by atoms with Crippen LogP contribution in [0, 0.1) is 17.6 Å². The summed E-state index contributed by atoms with van der Waals surface area (Å²) in [6.07, 6.45) is 3.89. The normalized spacial score (nSPS) is 20.4. The number of piperazine rings is 1. The molecule has 16 heteroatoms. The Morgan fingerprint density at radius 2 is 1.57 bits per heavy atom. The zero-order valence-electron chi connectivity index (χ0n) is 32.0. The van der Waals surface area contributed by atoms with Gasteiger partial charge in [0.2, 0.25) is 5.79 Å². The van der Waals surface area contributed by atoms with Gasteiger partial charge in [0, 0.05) is 61.3 Å². The van der Waals surface area contributed by atoms with Crippen molar-refractivity contribution in [2.75, 3.05) is 55.8 Å². The van der Waals surface area contributed by atoms with Crippen LogP contribution in [0.2, 0.25) is 0 Å². The van der Waals surface area contributed by atoms with E-state index in [0.717, 1.165) is 49.3 Å². The molecule has 2 aliphatic heterocycles. The average Bonchev–Trinajstić information content (AvgIpc) is 3.97. The molecule has 4 heterocycles. The fraction of sp³-hybridized carbons (Fsp3) is 0.450. The Morgan fingerprint density at radius 1 is 0.911 bits per heavy atom. The molecule has 2 saturated heterocycles. The van der Waals surface area contributed by atoms with E-state index in [1.54, 1.807) is 10.9 Å². The maximum Gasteiger partial charge on any atom is 0.350 e. The molecule has 5 atom stereocenters. The number of rotatable bonds is 15. The molecule has 0 saturated carbocycles. The highest BCUT2D eigenvalue weighted by Crippen LogP contribution is 2.38. The Kier molecular flexibility index (Phi) is 11.8. The molecule has 7 rings (SSSR count). The van der Waals surface area contributed by atoms with Gasteiger partial charge in [0.1, 0.15) is 55.6 Å². The minimum atomic E-state index is -1.52. The van der Waals surface area contributed by atoms with E-state index in [2.05, 4.69) is 44.1 Å². The first-order chi connectivity index (χ1) is 27.0. The molecule has 0 radical (unpaired) electrons. The average molecular weight is 774 g/mol. The van der Waals surface area contributed by atoms with Gasteiger partial charge in [0.05, 0.1) is 24.9 Å². The van der Waals surface area contributed by atoms with Crippen LogP contribution >= 0.6 is 0 Å². The van der Waals surface area contributed by atoms with Gasteiger partial charge in [-0.1, -0.05) is 13.8 Å². The number of nitrogens with one attached hydrogen (secondary N) is 1. The van der Waals surface area contributed by atoms with E-state index in [1.807, 2.05) is 62.4 Å². The van der Waals surface area contributed by atoms with Gasteiger partial charge in [0.25, 0.3) is 0 Å². The van der Waals surface area contributed by atoms with E-state index in [9.17, 15) is 18.7 Å². The lowest BCUT2D eigenvalue weighted by atomic mass is 10.0. The van der Waals surface area contributed by atoms with Gasteiger partial charge in [-0.05, 0) is 80.4 Å². The minimum Gasteiger partial charge on any atom is -0.491 e. The molecular weight excluding hydrogens is 724 g/mol. The van der Waals surface area contributed by atoms with E-state index in [-0.39, 0.29) is 61.7 Å². The van der Waals surface area contributed by atoms with Crippen LogP contribution in [0.1, 0.15) is 39.3 Å². The summed E-state index contributed by atoms with van der Waals surface area (Å²) >= 11 is 0. The topological polar surface area (TPSA) is 137 Å². The van der Waals surface area contributed by atoms with Crippen molar-refractivity contribution in [1.29, 1.82) is 0 Å². The Morgan fingerprint density at radius 3 is 2.18 bits per heavy atom. The first kappa shape index (κ1) is 39.1. The third kappa shape index (κ3) is 8.48. The lowest BCUT2D eigenvalue weighted by Gasteiger charge is -2.37. The van der Waals surface area contributed by atoms with E-state index >= 15 is 0 Å². The highest BCUT2D eigenvalue weighted by Gasteiger charge is 2.46. The number of hydrogen-bond acceptors (Lipinski definition) is 11. The lowest BCUT2D eigenvalue weighted by Crippen LogP contribution is -2.47. The molecule has 2 N–H and O–H groups in total. The molecule has 3 aromatic carbocycles. The number of aromatic nitrogens is 6. The van der Waals surface area contributed by atoms with E-state index in [1.165, 1.54) is 34.2 Å².